The lowest BCUT2D eigenvalue weighted by Crippen LogP contribution is -2.10. The predicted octanol–water partition coefficient (Wildman–Crippen LogP) is 4.36. The first-order chi connectivity index (χ1) is 10.6. The maximum atomic E-state index is 13.2. The van der Waals surface area contributed by atoms with E-state index in [9.17, 15) is 9.18 Å². The predicted molar refractivity (Wildman–Crippen MR) is 82.8 cm³/mol. The summed E-state index contributed by atoms with van der Waals surface area (Å²) in [5.41, 5.74) is 3.14. The lowest BCUT2D eigenvalue weighted by atomic mass is 10.0. The molecule has 1 fully saturated rings. The van der Waals surface area contributed by atoms with Gasteiger partial charge in [-0.15, -0.1) is 0 Å². The molecule has 0 radical (unpaired) electrons. The highest BCUT2D eigenvalue weighted by Crippen LogP contribution is 2.45. The Morgan fingerprint density at radius 2 is 1.95 bits per heavy atom. The average molecular weight is 299 g/mol. The molecule has 4 heteroatoms. The molecule has 3 nitrogen and oxygen atoms in total. The van der Waals surface area contributed by atoms with Crippen molar-refractivity contribution in [3.8, 4) is 17.1 Å². The van der Waals surface area contributed by atoms with Gasteiger partial charge in [0, 0.05) is 5.56 Å². The Morgan fingerprint density at radius 3 is 2.50 bits per heavy atom. The highest BCUT2D eigenvalue weighted by atomic mass is 19.1. The first kappa shape index (κ1) is 14.7. The van der Waals surface area contributed by atoms with Crippen LogP contribution in [0.1, 0.15) is 48.5 Å². The van der Waals surface area contributed by atoms with E-state index in [-0.39, 0.29) is 11.9 Å². The molecule has 1 aromatic heterocycles. The fraction of sp³-hybridized carbons (Fsp3) is 0.333. The number of benzene rings is 1. The summed E-state index contributed by atoms with van der Waals surface area (Å²) >= 11 is 0. The second kappa shape index (κ2) is 5.87. The Hall–Kier alpha value is -2.23. The molecule has 0 aliphatic heterocycles. The number of carbonyl (C=O) groups excluding carboxylic acids is 1. The topological polar surface area (TPSA) is 39.2 Å². The highest BCUT2D eigenvalue weighted by Gasteiger charge is 2.29. The summed E-state index contributed by atoms with van der Waals surface area (Å²) in [5.74, 6) is 0.493. The third kappa shape index (κ3) is 3.01. The van der Waals surface area contributed by atoms with Crippen LogP contribution in [-0.2, 0) is 0 Å². The van der Waals surface area contributed by atoms with Crippen molar-refractivity contribution in [2.45, 2.75) is 38.7 Å². The summed E-state index contributed by atoms with van der Waals surface area (Å²) in [5, 5.41) is 0. The van der Waals surface area contributed by atoms with E-state index in [4.69, 9.17) is 4.74 Å². The summed E-state index contributed by atoms with van der Waals surface area (Å²) in [4.78, 5) is 15.9. The van der Waals surface area contributed by atoms with Crippen molar-refractivity contribution >= 4 is 6.29 Å². The zero-order valence-electron chi connectivity index (χ0n) is 12.7. The second-order valence-electron chi connectivity index (χ2n) is 5.89. The van der Waals surface area contributed by atoms with Gasteiger partial charge in [-0.1, -0.05) is 0 Å². The summed E-state index contributed by atoms with van der Waals surface area (Å²) in [6, 6.07) is 8.13. The molecule has 0 saturated heterocycles. The standard InChI is InChI=1S/C18H18FNO2/c1-11(2)22-18-14(10-21)9-16(12-3-4-12)17(20-18)13-5-7-15(19)8-6-13/h5-12H,3-4H2,1-2H3. The van der Waals surface area contributed by atoms with Crippen molar-refractivity contribution < 1.29 is 13.9 Å². The largest absolute Gasteiger partial charge is 0.474 e. The fourth-order valence-corrected chi connectivity index (χ4v) is 2.47. The zero-order valence-corrected chi connectivity index (χ0v) is 12.7. The van der Waals surface area contributed by atoms with Crippen LogP contribution in [0.15, 0.2) is 30.3 Å². The first-order valence-electron chi connectivity index (χ1n) is 7.51. The summed E-state index contributed by atoms with van der Waals surface area (Å²) in [7, 11) is 0. The number of hydrogen-bond donors (Lipinski definition) is 0. The van der Waals surface area contributed by atoms with E-state index in [0.717, 1.165) is 35.9 Å². The minimum absolute atomic E-state index is 0.0703. The molecule has 114 valence electrons. The number of carbonyl (C=O) groups is 1. The second-order valence-corrected chi connectivity index (χ2v) is 5.89. The van der Waals surface area contributed by atoms with Gasteiger partial charge in [-0.3, -0.25) is 4.79 Å². The molecule has 0 amide bonds. The quantitative estimate of drug-likeness (QED) is 0.770. The molecule has 0 spiro atoms. The molecule has 3 rings (SSSR count). The first-order valence-corrected chi connectivity index (χ1v) is 7.51. The van der Waals surface area contributed by atoms with Gasteiger partial charge in [0.1, 0.15) is 5.82 Å². The maximum absolute atomic E-state index is 13.2. The molecule has 2 aromatic rings. The van der Waals surface area contributed by atoms with Crippen molar-refractivity contribution in [2.24, 2.45) is 0 Å². The fourth-order valence-electron chi connectivity index (χ4n) is 2.47. The van der Waals surface area contributed by atoms with E-state index < -0.39 is 0 Å². The Bertz CT molecular complexity index is 691. The lowest BCUT2D eigenvalue weighted by molar-refractivity contribution is 0.111. The number of pyridine rings is 1. The number of nitrogens with zero attached hydrogens (tertiary/aromatic N) is 1. The van der Waals surface area contributed by atoms with Crippen LogP contribution in [0.2, 0.25) is 0 Å². The minimum Gasteiger partial charge on any atom is -0.474 e. The monoisotopic (exact) mass is 299 g/mol. The summed E-state index contributed by atoms with van der Waals surface area (Å²) in [6.07, 6.45) is 2.90. The molecule has 0 bridgehead atoms. The summed E-state index contributed by atoms with van der Waals surface area (Å²) < 4.78 is 18.8. The van der Waals surface area contributed by atoms with Crippen LogP contribution in [0.25, 0.3) is 11.3 Å². The summed E-state index contributed by atoms with van der Waals surface area (Å²) in [6.45, 7) is 3.78. The Kier molecular flexibility index (Phi) is 3.92. The van der Waals surface area contributed by atoms with Gasteiger partial charge in [-0.25, -0.2) is 9.37 Å². The highest BCUT2D eigenvalue weighted by molar-refractivity contribution is 5.81. The van der Waals surface area contributed by atoms with Gasteiger partial charge in [0.15, 0.2) is 6.29 Å². The molecule has 0 atom stereocenters. The van der Waals surface area contributed by atoms with Gasteiger partial charge in [-0.05, 0) is 68.5 Å². The van der Waals surface area contributed by atoms with Crippen molar-refractivity contribution in [3.63, 3.8) is 0 Å². The lowest BCUT2D eigenvalue weighted by Gasteiger charge is -2.15. The molecular weight excluding hydrogens is 281 g/mol. The van der Waals surface area contributed by atoms with Gasteiger partial charge < -0.3 is 4.74 Å². The number of rotatable bonds is 5. The van der Waals surface area contributed by atoms with Gasteiger partial charge in [0.25, 0.3) is 0 Å². The number of aldehydes is 1. The Balaban J connectivity index is 2.13. The number of halogens is 1. The molecule has 1 heterocycles. The molecule has 0 unspecified atom stereocenters. The average Bonchev–Trinajstić information content (AvgIpc) is 3.32. The van der Waals surface area contributed by atoms with E-state index in [2.05, 4.69) is 4.98 Å². The molecule has 22 heavy (non-hydrogen) atoms. The molecule has 1 aliphatic rings. The molecular formula is C18H18FNO2. The van der Waals surface area contributed by atoms with Gasteiger partial charge >= 0.3 is 0 Å². The minimum atomic E-state index is -0.278. The van der Waals surface area contributed by atoms with E-state index in [0.29, 0.717) is 17.4 Å². The van der Waals surface area contributed by atoms with Crippen molar-refractivity contribution in [1.29, 1.82) is 0 Å². The third-order valence-electron chi connectivity index (χ3n) is 3.65. The van der Waals surface area contributed by atoms with Gasteiger partial charge in [0.2, 0.25) is 5.88 Å². The molecule has 0 N–H and O–H groups in total. The van der Waals surface area contributed by atoms with Crippen LogP contribution >= 0.6 is 0 Å². The zero-order chi connectivity index (χ0) is 15.7. The van der Waals surface area contributed by atoms with E-state index >= 15 is 0 Å². The van der Waals surface area contributed by atoms with Crippen LogP contribution < -0.4 is 4.74 Å². The maximum Gasteiger partial charge on any atom is 0.224 e. The molecule has 1 aromatic carbocycles. The van der Waals surface area contributed by atoms with Gasteiger partial charge in [0.05, 0.1) is 17.4 Å². The van der Waals surface area contributed by atoms with Crippen molar-refractivity contribution in [2.75, 3.05) is 0 Å². The van der Waals surface area contributed by atoms with E-state index in [1.807, 2.05) is 19.9 Å². The van der Waals surface area contributed by atoms with Crippen LogP contribution in [0.4, 0.5) is 4.39 Å². The molecule has 1 aliphatic carbocycles. The van der Waals surface area contributed by atoms with E-state index in [1.165, 1.54) is 12.1 Å². The van der Waals surface area contributed by atoms with Crippen LogP contribution in [0.3, 0.4) is 0 Å². The van der Waals surface area contributed by atoms with Crippen LogP contribution in [0.5, 0.6) is 5.88 Å². The van der Waals surface area contributed by atoms with Crippen molar-refractivity contribution in [1.82, 2.24) is 4.98 Å². The normalized spacial score (nSPS) is 14.2. The Labute approximate surface area is 129 Å². The smallest absolute Gasteiger partial charge is 0.224 e. The number of ether oxygens (including phenoxy) is 1. The van der Waals surface area contributed by atoms with Crippen LogP contribution in [-0.4, -0.2) is 17.4 Å². The van der Waals surface area contributed by atoms with Crippen LogP contribution in [0, 0.1) is 5.82 Å². The Morgan fingerprint density at radius 1 is 1.27 bits per heavy atom. The third-order valence-corrected chi connectivity index (χ3v) is 3.65. The van der Waals surface area contributed by atoms with Gasteiger partial charge in [-0.2, -0.15) is 0 Å². The molecule has 1 saturated carbocycles. The van der Waals surface area contributed by atoms with Crippen molar-refractivity contribution in [3.05, 3.63) is 47.3 Å². The SMILES string of the molecule is CC(C)Oc1nc(-c2ccc(F)cc2)c(C2CC2)cc1C=O. The van der Waals surface area contributed by atoms with E-state index in [1.54, 1.807) is 12.1 Å². The number of aromatic nitrogens is 1. The number of hydrogen-bond acceptors (Lipinski definition) is 3.